The smallest absolute Gasteiger partial charge is 0.193 e. The predicted molar refractivity (Wildman–Crippen MR) is 85.2 cm³/mol. The summed E-state index contributed by atoms with van der Waals surface area (Å²) >= 11 is 0. The van der Waals surface area contributed by atoms with Crippen molar-refractivity contribution in [1.82, 2.24) is 0 Å². The highest BCUT2D eigenvalue weighted by molar-refractivity contribution is 6.01. The van der Waals surface area contributed by atoms with Crippen LogP contribution in [-0.4, -0.2) is 54.6 Å². The van der Waals surface area contributed by atoms with Crippen LogP contribution in [0.3, 0.4) is 0 Å². The van der Waals surface area contributed by atoms with E-state index in [1.54, 1.807) is 39.4 Å². The number of rotatable bonds is 7. The number of halogens is 1. The number of aliphatic hydroxyl groups is 1. The maximum atomic E-state index is 12.2. The van der Waals surface area contributed by atoms with Crippen LogP contribution in [0.25, 0.3) is 6.08 Å². The number of nitrogens with zero attached hydrogens (tertiary/aromatic N) is 1. The van der Waals surface area contributed by atoms with Crippen molar-refractivity contribution < 1.29 is 24.3 Å². The van der Waals surface area contributed by atoms with Crippen molar-refractivity contribution in [2.24, 2.45) is 0 Å². The highest BCUT2D eigenvalue weighted by atomic mass is 35.5. The van der Waals surface area contributed by atoms with E-state index in [2.05, 4.69) is 0 Å². The quantitative estimate of drug-likeness (QED) is 0.576. The Morgan fingerprint density at radius 1 is 1.23 bits per heavy atom. The minimum absolute atomic E-state index is 0. The van der Waals surface area contributed by atoms with Crippen molar-refractivity contribution in [3.63, 3.8) is 0 Å². The van der Waals surface area contributed by atoms with E-state index >= 15 is 0 Å². The molecule has 0 aliphatic heterocycles. The predicted octanol–water partition coefficient (Wildman–Crippen LogP) is 0.268. The summed E-state index contributed by atoms with van der Waals surface area (Å²) in [5.74, 6) is -2.09. The minimum atomic E-state index is -1.97. The number of carboxylic acids is 1. The Balaban J connectivity index is 0.00000441. The number of hydrogen-bond donors (Lipinski definition) is 1. The highest BCUT2D eigenvalue weighted by Gasteiger charge is 2.39. The number of hydrogen-bond acceptors (Lipinski definition) is 4. The fourth-order valence-corrected chi connectivity index (χ4v) is 2.14. The third-order valence-corrected chi connectivity index (χ3v) is 2.86. The number of quaternary nitrogens is 1. The largest absolute Gasteiger partial charge is 0.550 e. The fourth-order valence-electron chi connectivity index (χ4n) is 2.14. The molecule has 0 fully saturated rings. The van der Waals surface area contributed by atoms with Crippen molar-refractivity contribution in [3.05, 3.63) is 42.0 Å². The zero-order valence-electron chi connectivity index (χ0n) is 13.0. The topological polar surface area (TPSA) is 77.4 Å². The van der Waals surface area contributed by atoms with E-state index in [1.807, 2.05) is 18.2 Å². The first-order valence-corrected chi connectivity index (χ1v) is 6.63. The summed E-state index contributed by atoms with van der Waals surface area (Å²) in [6.07, 6.45) is 2.05. The van der Waals surface area contributed by atoms with Gasteiger partial charge < -0.3 is 19.5 Å². The van der Waals surface area contributed by atoms with Gasteiger partial charge in [0, 0.05) is 12.4 Å². The van der Waals surface area contributed by atoms with Gasteiger partial charge in [-0.15, -0.1) is 12.4 Å². The van der Waals surface area contributed by atoms with Gasteiger partial charge >= 0.3 is 0 Å². The molecule has 0 aromatic heterocycles. The van der Waals surface area contributed by atoms with Gasteiger partial charge in [0.1, 0.15) is 6.54 Å². The number of likely N-dealkylation sites (N-methyl/N-ethyl adjacent to an activating group) is 1. The number of carbonyl (C=O) groups excluding carboxylic acids is 2. The van der Waals surface area contributed by atoms with Crippen molar-refractivity contribution in [3.8, 4) is 0 Å². The molecule has 0 radical (unpaired) electrons. The SMILES string of the molecule is C[N+](C)(C)CC(O)(CC(=O)[O-])C(=O)C=Cc1ccccc1.Cl. The van der Waals surface area contributed by atoms with E-state index in [1.165, 1.54) is 6.08 Å². The molecule has 1 rings (SSSR count). The second-order valence-electron chi connectivity index (χ2n) is 6.14. The van der Waals surface area contributed by atoms with Gasteiger partial charge in [-0.1, -0.05) is 36.4 Å². The first kappa shape index (κ1) is 20.3. The molecule has 1 aromatic rings. The first-order valence-electron chi connectivity index (χ1n) is 6.63. The molecule has 0 saturated heterocycles. The molecular weight excluding hydrogens is 306 g/mol. The van der Waals surface area contributed by atoms with Gasteiger partial charge in [-0.05, 0) is 11.6 Å². The molecule has 6 heteroatoms. The number of aliphatic carboxylic acids is 1. The highest BCUT2D eigenvalue weighted by Crippen LogP contribution is 2.17. The molecule has 122 valence electrons. The molecule has 0 bridgehead atoms. The Kier molecular flexibility index (Phi) is 7.46. The summed E-state index contributed by atoms with van der Waals surface area (Å²) in [5.41, 5.74) is -1.17. The zero-order chi connectivity index (χ0) is 16.1. The molecule has 0 spiro atoms. The monoisotopic (exact) mass is 327 g/mol. The van der Waals surface area contributed by atoms with E-state index in [0.717, 1.165) is 5.56 Å². The van der Waals surface area contributed by atoms with Gasteiger partial charge in [0.05, 0.1) is 21.1 Å². The van der Waals surface area contributed by atoms with Crippen LogP contribution in [-0.2, 0) is 9.59 Å². The molecule has 1 unspecified atom stereocenters. The summed E-state index contributed by atoms with van der Waals surface area (Å²) < 4.78 is 0.259. The lowest BCUT2D eigenvalue weighted by Gasteiger charge is -2.34. The summed E-state index contributed by atoms with van der Waals surface area (Å²) in [6.45, 7) is -0.0149. The van der Waals surface area contributed by atoms with E-state index in [-0.39, 0.29) is 23.4 Å². The molecule has 0 aliphatic carbocycles. The molecule has 1 aromatic carbocycles. The molecule has 1 N–H and O–H groups in total. The van der Waals surface area contributed by atoms with E-state index in [4.69, 9.17) is 0 Å². The zero-order valence-corrected chi connectivity index (χ0v) is 13.8. The maximum absolute atomic E-state index is 12.2. The molecule has 0 saturated carbocycles. The third kappa shape index (κ3) is 6.85. The van der Waals surface area contributed by atoms with Crippen LogP contribution in [0.2, 0.25) is 0 Å². The lowest BCUT2D eigenvalue weighted by Crippen LogP contribution is -2.55. The summed E-state index contributed by atoms with van der Waals surface area (Å²) in [4.78, 5) is 23.0. The number of benzene rings is 1. The minimum Gasteiger partial charge on any atom is -0.550 e. The Morgan fingerprint density at radius 2 is 1.77 bits per heavy atom. The summed E-state index contributed by atoms with van der Waals surface area (Å²) in [7, 11) is 5.32. The van der Waals surface area contributed by atoms with Gasteiger partial charge in [0.15, 0.2) is 11.4 Å². The van der Waals surface area contributed by atoms with E-state index in [0.29, 0.717) is 0 Å². The Labute approximate surface area is 136 Å². The molecule has 0 heterocycles. The Morgan fingerprint density at radius 3 is 2.23 bits per heavy atom. The van der Waals surface area contributed by atoms with Gasteiger partial charge in [-0.3, -0.25) is 4.79 Å². The molecule has 0 aliphatic rings. The van der Waals surface area contributed by atoms with E-state index < -0.39 is 23.8 Å². The van der Waals surface area contributed by atoms with Crippen LogP contribution in [0.4, 0.5) is 0 Å². The van der Waals surface area contributed by atoms with Gasteiger partial charge in [-0.2, -0.15) is 0 Å². The summed E-state index contributed by atoms with van der Waals surface area (Å²) in [5, 5.41) is 21.3. The van der Waals surface area contributed by atoms with Crippen LogP contribution in [0, 0.1) is 0 Å². The average molecular weight is 328 g/mol. The Bertz CT molecular complexity index is 537. The van der Waals surface area contributed by atoms with Crippen LogP contribution < -0.4 is 5.11 Å². The van der Waals surface area contributed by atoms with Gasteiger partial charge in [-0.25, -0.2) is 0 Å². The number of carboxylic acid groups (broad SMARTS) is 1. The summed E-state index contributed by atoms with van der Waals surface area (Å²) in [6, 6.07) is 9.11. The molecule has 22 heavy (non-hydrogen) atoms. The fraction of sp³-hybridized carbons (Fsp3) is 0.375. The maximum Gasteiger partial charge on any atom is 0.193 e. The van der Waals surface area contributed by atoms with Crippen LogP contribution >= 0.6 is 12.4 Å². The lowest BCUT2D eigenvalue weighted by molar-refractivity contribution is -0.875. The number of ketones is 1. The molecule has 1 atom stereocenters. The molecule has 5 nitrogen and oxygen atoms in total. The molecular formula is C16H22ClNO4. The second-order valence-corrected chi connectivity index (χ2v) is 6.14. The Hall–Kier alpha value is -1.69. The normalized spacial score (nSPS) is 14.2. The lowest BCUT2D eigenvalue weighted by atomic mass is 9.92. The van der Waals surface area contributed by atoms with Crippen molar-refractivity contribution in [2.75, 3.05) is 27.7 Å². The average Bonchev–Trinajstić information content (AvgIpc) is 2.33. The van der Waals surface area contributed by atoms with Crippen molar-refractivity contribution in [1.29, 1.82) is 0 Å². The first-order chi connectivity index (χ1) is 9.62. The second kappa shape index (κ2) is 8.08. The van der Waals surface area contributed by atoms with Gasteiger partial charge in [0.2, 0.25) is 0 Å². The van der Waals surface area contributed by atoms with Crippen molar-refractivity contribution in [2.45, 2.75) is 12.0 Å². The third-order valence-electron chi connectivity index (χ3n) is 2.86. The van der Waals surface area contributed by atoms with Crippen LogP contribution in [0.1, 0.15) is 12.0 Å². The number of carbonyl (C=O) groups is 2. The van der Waals surface area contributed by atoms with Gasteiger partial charge in [0.25, 0.3) is 0 Å². The van der Waals surface area contributed by atoms with Crippen LogP contribution in [0.5, 0.6) is 0 Å². The standard InChI is InChI=1S/C16H21NO4.ClH/c1-17(2,3)12-16(21,11-15(19)20)14(18)10-9-13-7-5-4-6-8-13;/h4-10,21H,11-12H2,1-3H3;1H. The van der Waals surface area contributed by atoms with E-state index in [9.17, 15) is 19.8 Å². The molecule has 0 amide bonds. The van der Waals surface area contributed by atoms with Crippen molar-refractivity contribution >= 4 is 30.2 Å². The van der Waals surface area contributed by atoms with Crippen LogP contribution in [0.15, 0.2) is 36.4 Å².